The van der Waals surface area contributed by atoms with Crippen LogP contribution in [0.3, 0.4) is 0 Å². The number of nitrogens with one attached hydrogen (secondary N) is 2. The van der Waals surface area contributed by atoms with Gasteiger partial charge in [-0.25, -0.2) is 9.59 Å². The van der Waals surface area contributed by atoms with Crippen molar-refractivity contribution in [2.75, 3.05) is 39.8 Å². The molecule has 4 rings (SSSR count). The van der Waals surface area contributed by atoms with E-state index < -0.39 is 12.0 Å². The molecule has 1 fully saturated rings. The van der Waals surface area contributed by atoms with Gasteiger partial charge in [0.2, 0.25) is 0 Å². The predicted octanol–water partition coefficient (Wildman–Crippen LogP) is 1.58. The number of carbonyl (C=O) groups is 3. The first-order valence-corrected chi connectivity index (χ1v) is 10.4. The van der Waals surface area contributed by atoms with Crippen LogP contribution in [0.2, 0.25) is 0 Å². The van der Waals surface area contributed by atoms with Crippen LogP contribution in [0.4, 0.5) is 4.79 Å². The maximum atomic E-state index is 12.6. The number of furan rings is 1. The summed E-state index contributed by atoms with van der Waals surface area (Å²) in [5, 5.41) is 7.48. The summed E-state index contributed by atoms with van der Waals surface area (Å²) in [6.07, 6.45) is 1.48. The Hall–Kier alpha value is -3.11. The molecule has 0 aliphatic carbocycles. The highest BCUT2D eigenvalue weighted by Gasteiger charge is 2.35. The molecule has 2 aliphatic heterocycles. The number of nitrogens with zero attached hydrogens (tertiary/aromatic N) is 2. The third-order valence-electron chi connectivity index (χ3n) is 5.16. The van der Waals surface area contributed by atoms with Gasteiger partial charge in [-0.1, -0.05) is 6.07 Å². The SMILES string of the molecule is COC(=O)C1=C(CN2CCN(C(=O)c3ccco3)CC2)NC(=O)N[C@@H]1c1cccs1. The maximum Gasteiger partial charge on any atom is 0.338 e. The predicted molar refractivity (Wildman–Crippen MR) is 109 cm³/mol. The molecule has 1 atom stereocenters. The van der Waals surface area contributed by atoms with Gasteiger partial charge in [-0.2, -0.15) is 0 Å². The van der Waals surface area contributed by atoms with Gasteiger partial charge < -0.3 is 24.7 Å². The van der Waals surface area contributed by atoms with Gasteiger partial charge in [-0.15, -0.1) is 11.3 Å². The summed E-state index contributed by atoms with van der Waals surface area (Å²) in [7, 11) is 1.33. The molecule has 3 amide bonds. The molecule has 2 aliphatic rings. The van der Waals surface area contributed by atoms with Crippen molar-refractivity contribution in [3.05, 3.63) is 57.8 Å². The van der Waals surface area contributed by atoms with Crippen LogP contribution in [0, 0.1) is 0 Å². The van der Waals surface area contributed by atoms with Crippen molar-refractivity contribution in [2.24, 2.45) is 0 Å². The first kappa shape index (κ1) is 20.2. The van der Waals surface area contributed by atoms with Crippen LogP contribution in [0.5, 0.6) is 0 Å². The Balaban J connectivity index is 1.49. The molecule has 158 valence electrons. The average Bonchev–Trinajstić information content (AvgIpc) is 3.47. The fourth-order valence-electron chi connectivity index (χ4n) is 3.65. The van der Waals surface area contributed by atoms with Crippen molar-refractivity contribution >= 4 is 29.2 Å². The van der Waals surface area contributed by atoms with Crippen molar-refractivity contribution in [2.45, 2.75) is 6.04 Å². The van der Waals surface area contributed by atoms with Crippen molar-refractivity contribution in [3.63, 3.8) is 0 Å². The number of hydrogen-bond acceptors (Lipinski definition) is 7. The van der Waals surface area contributed by atoms with Gasteiger partial charge >= 0.3 is 12.0 Å². The molecule has 0 radical (unpaired) electrons. The van der Waals surface area contributed by atoms with Crippen LogP contribution >= 0.6 is 11.3 Å². The highest BCUT2D eigenvalue weighted by Crippen LogP contribution is 2.30. The maximum absolute atomic E-state index is 12.6. The largest absolute Gasteiger partial charge is 0.466 e. The average molecular weight is 430 g/mol. The minimum Gasteiger partial charge on any atom is -0.466 e. The second kappa shape index (κ2) is 8.72. The quantitative estimate of drug-likeness (QED) is 0.698. The van der Waals surface area contributed by atoms with E-state index in [-0.39, 0.29) is 11.9 Å². The molecule has 0 saturated carbocycles. The van der Waals surface area contributed by atoms with Crippen LogP contribution in [0.15, 0.2) is 51.6 Å². The van der Waals surface area contributed by atoms with E-state index >= 15 is 0 Å². The van der Waals surface area contributed by atoms with E-state index in [2.05, 4.69) is 15.5 Å². The molecule has 0 spiro atoms. The minimum atomic E-state index is -0.553. The molecule has 2 aromatic heterocycles. The van der Waals surface area contributed by atoms with Gasteiger partial charge in [0.05, 0.1) is 25.0 Å². The zero-order valence-electron chi connectivity index (χ0n) is 16.4. The highest BCUT2D eigenvalue weighted by atomic mass is 32.1. The minimum absolute atomic E-state index is 0.137. The van der Waals surface area contributed by atoms with Crippen LogP contribution in [0.25, 0.3) is 0 Å². The van der Waals surface area contributed by atoms with Crippen LogP contribution < -0.4 is 10.6 Å². The zero-order valence-corrected chi connectivity index (χ0v) is 17.2. The van der Waals surface area contributed by atoms with Crippen molar-refractivity contribution < 1.29 is 23.5 Å². The Morgan fingerprint density at radius 2 is 2.03 bits per heavy atom. The van der Waals surface area contributed by atoms with Gasteiger partial charge in [-0.05, 0) is 23.6 Å². The smallest absolute Gasteiger partial charge is 0.338 e. The molecule has 2 N–H and O–H groups in total. The summed E-state index contributed by atoms with van der Waals surface area (Å²) < 4.78 is 10.2. The summed E-state index contributed by atoms with van der Waals surface area (Å²) in [4.78, 5) is 41.9. The van der Waals surface area contributed by atoms with Crippen molar-refractivity contribution in [3.8, 4) is 0 Å². The summed E-state index contributed by atoms with van der Waals surface area (Å²) in [5.41, 5.74) is 0.920. The second-order valence-corrected chi connectivity index (χ2v) is 7.96. The number of amides is 3. The lowest BCUT2D eigenvalue weighted by atomic mass is 10.0. The van der Waals surface area contributed by atoms with E-state index in [1.54, 1.807) is 17.0 Å². The molecule has 30 heavy (non-hydrogen) atoms. The third-order valence-corrected chi connectivity index (χ3v) is 6.10. The Morgan fingerprint density at radius 3 is 2.67 bits per heavy atom. The molecule has 10 heteroatoms. The van der Waals surface area contributed by atoms with Crippen LogP contribution in [-0.4, -0.2) is 67.5 Å². The number of hydrogen-bond donors (Lipinski definition) is 2. The van der Waals surface area contributed by atoms with E-state index in [0.717, 1.165) is 4.88 Å². The lowest BCUT2D eigenvalue weighted by Gasteiger charge is -2.36. The van der Waals surface area contributed by atoms with Crippen molar-refractivity contribution in [1.82, 2.24) is 20.4 Å². The number of ether oxygens (including phenoxy) is 1. The number of carbonyl (C=O) groups excluding carboxylic acids is 3. The molecule has 4 heterocycles. The number of urea groups is 1. The molecule has 1 saturated heterocycles. The summed E-state index contributed by atoms with van der Waals surface area (Å²) in [5.74, 6) is -0.298. The van der Waals surface area contributed by atoms with Crippen LogP contribution in [-0.2, 0) is 9.53 Å². The number of piperazine rings is 1. The number of thiophene rings is 1. The van der Waals surface area contributed by atoms with E-state index in [9.17, 15) is 14.4 Å². The molecule has 0 aromatic carbocycles. The number of esters is 1. The first-order chi connectivity index (χ1) is 14.6. The Labute approximate surface area is 177 Å². The van der Waals surface area contributed by atoms with Crippen LogP contribution in [0.1, 0.15) is 21.5 Å². The molecule has 9 nitrogen and oxygen atoms in total. The summed E-state index contributed by atoms with van der Waals surface area (Å²) in [6, 6.07) is 6.18. The molecule has 2 aromatic rings. The Bertz CT molecular complexity index is 946. The number of rotatable bonds is 5. The van der Waals surface area contributed by atoms with E-state index in [1.165, 1.54) is 24.7 Å². The van der Waals surface area contributed by atoms with Gasteiger partial charge in [0, 0.05) is 43.3 Å². The Morgan fingerprint density at radius 1 is 1.23 bits per heavy atom. The van der Waals surface area contributed by atoms with E-state index in [1.807, 2.05) is 17.5 Å². The second-order valence-electron chi connectivity index (χ2n) is 6.98. The summed E-state index contributed by atoms with van der Waals surface area (Å²) >= 11 is 1.46. The van der Waals surface area contributed by atoms with Gasteiger partial charge in [-0.3, -0.25) is 9.69 Å². The molecular formula is C20H22N4O5S. The lowest BCUT2D eigenvalue weighted by Crippen LogP contribution is -2.52. The Kier molecular flexibility index (Phi) is 5.86. The molecule has 0 bridgehead atoms. The van der Waals surface area contributed by atoms with E-state index in [4.69, 9.17) is 9.15 Å². The third kappa shape index (κ3) is 4.10. The lowest BCUT2D eigenvalue weighted by molar-refractivity contribution is -0.136. The number of methoxy groups -OCH3 is 1. The fraction of sp³-hybridized carbons (Fsp3) is 0.350. The molecular weight excluding hydrogens is 408 g/mol. The standard InChI is InChI=1S/C20H22N4O5S/c1-28-19(26)16-13(21-20(27)22-17(16)15-5-3-11-30-15)12-23-6-8-24(9-7-23)18(25)14-4-2-10-29-14/h2-5,10-11,17H,6-9,12H2,1H3,(H2,21,22,27)/t17-/m1/s1. The van der Waals surface area contributed by atoms with Gasteiger partial charge in [0.1, 0.15) is 0 Å². The zero-order chi connectivity index (χ0) is 21.1. The first-order valence-electron chi connectivity index (χ1n) is 9.54. The highest BCUT2D eigenvalue weighted by molar-refractivity contribution is 7.10. The monoisotopic (exact) mass is 430 g/mol. The van der Waals surface area contributed by atoms with Gasteiger partial charge in [0.15, 0.2) is 5.76 Å². The van der Waals surface area contributed by atoms with Gasteiger partial charge in [0.25, 0.3) is 5.91 Å². The molecule has 0 unspecified atom stereocenters. The fourth-order valence-corrected chi connectivity index (χ4v) is 4.44. The normalized spacial score (nSPS) is 20.0. The summed E-state index contributed by atoms with van der Waals surface area (Å²) in [6.45, 7) is 2.65. The topological polar surface area (TPSA) is 104 Å². The van der Waals surface area contributed by atoms with E-state index in [0.29, 0.717) is 49.8 Å². The van der Waals surface area contributed by atoms with Crippen molar-refractivity contribution in [1.29, 1.82) is 0 Å².